The van der Waals surface area contributed by atoms with Gasteiger partial charge in [-0.25, -0.2) is 8.42 Å². The van der Waals surface area contributed by atoms with Gasteiger partial charge in [0, 0.05) is 45.8 Å². The van der Waals surface area contributed by atoms with E-state index in [4.69, 9.17) is 4.74 Å². The van der Waals surface area contributed by atoms with E-state index in [-0.39, 0.29) is 24.7 Å². The fourth-order valence-corrected chi connectivity index (χ4v) is 5.14. The maximum Gasteiger partial charge on any atom is 0.260 e. The summed E-state index contributed by atoms with van der Waals surface area (Å²) in [6.07, 6.45) is 2.05. The summed E-state index contributed by atoms with van der Waals surface area (Å²) >= 11 is 0. The summed E-state index contributed by atoms with van der Waals surface area (Å²) in [4.78, 5) is 17.1. The zero-order valence-electron chi connectivity index (χ0n) is 20.2. The number of aliphatic hydroxyl groups excluding tert-OH is 1. The Morgan fingerprint density at radius 1 is 1.23 bits per heavy atom. The molecule has 1 saturated heterocycles. The van der Waals surface area contributed by atoms with Gasteiger partial charge in [0.25, 0.3) is 5.91 Å². The van der Waals surface area contributed by atoms with Gasteiger partial charge in [-0.05, 0) is 37.0 Å². The second-order valence-electron chi connectivity index (χ2n) is 9.15. The SMILES string of the molecule is CN(C(=O)COc1ccc(N(C)[SH](=O)=O)c2c1CCCN2)[C@H](CN1CC[C@H](O)C1)c1ccccc1. The molecule has 0 saturated carbocycles. The number of ether oxygens (including phenoxy) is 1. The number of likely N-dealkylation sites (tertiary alicyclic amines) is 1. The molecular formula is C25H34N4O5S. The Labute approximate surface area is 208 Å². The van der Waals surface area contributed by atoms with Crippen molar-refractivity contribution in [2.75, 3.05) is 56.5 Å². The van der Waals surface area contributed by atoms with Crippen molar-refractivity contribution >= 4 is 28.2 Å². The minimum Gasteiger partial charge on any atom is -0.483 e. The largest absolute Gasteiger partial charge is 0.483 e. The Balaban J connectivity index is 1.49. The van der Waals surface area contributed by atoms with Crippen LogP contribution in [-0.2, 0) is 22.1 Å². The van der Waals surface area contributed by atoms with Crippen molar-refractivity contribution < 1.29 is 23.1 Å². The maximum absolute atomic E-state index is 13.2. The zero-order valence-corrected chi connectivity index (χ0v) is 21.1. The Hall–Kier alpha value is -2.82. The van der Waals surface area contributed by atoms with Gasteiger partial charge in [-0.1, -0.05) is 30.3 Å². The number of nitrogens with zero attached hydrogens (tertiary/aromatic N) is 3. The van der Waals surface area contributed by atoms with E-state index in [1.54, 1.807) is 24.1 Å². The molecule has 0 radical (unpaired) electrons. The molecule has 2 heterocycles. The van der Waals surface area contributed by atoms with E-state index >= 15 is 0 Å². The molecule has 2 aromatic rings. The van der Waals surface area contributed by atoms with Gasteiger partial charge in [-0.2, -0.15) is 0 Å². The van der Waals surface area contributed by atoms with Crippen molar-refractivity contribution in [3.05, 3.63) is 53.6 Å². The van der Waals surface area contributed by atoms with Crippen molar-refractivity contribution in [1.82, 2.24) is 9.80 Å². The van der Waals surface area contributed by atoms with Crippen molar-refractivity contribution in [3.63, 3.8) is 0 Å². The van der Waals surface area contributed by atoms with Crippen LogP contribution in [0.15, 0.2) is 42.5 Å². The molecule has 2 aliphatic rings. The van der Waals surface area contributed by atoms with Crippen LogP contribution in [0.5, 0.6) is 5.75 Å². The molecule has 2 aromatic carbocycles. The van der Waals surface area contributed by atoms with Gasteiger partial charge < -0.3 is 20.1 Å². The van der Waals surface area contributed by atoms with Gasteiger partial charge in [-0.3, -0.25) is 14.0 Å². The minimum atomic E-state index is -2.76. The first-order valence-electron chi connectivity index (χ1n) is 12.0. The normalized spacial score (nSPS) is 18.6. The molecule has 1 fully saturated rings. The number of likely N-dealkylation sites (N-methyl/N-ethyl adjacent to an activating group) is 1. The highest BCUT2D eigenvalue weighted by Gasteiger charge is 2.29. The van der Waals surface area contributed by atoms with Gasteiger partial charge in [0.15, 0.2) is 6.61 Å². The van der Waals surface area contributed by atoms with Crippen LogP contribution in [0.2, 0.25) is 0 Å². The highest BCUT2D eigenvalue weighted by Crippen LogP contribution is 2.38. The van der Waals surface area contributed by atoms with Crippen molar-refractivity contribution in [2.45, 2.75) is 31.4 Å². The van der Waals surface area contributed by atoms with Crippen LogP contribution in [0.25, 0.3) is 0 Å². The lowest BCUT2D eigenvalue weighted by atomic mass is 10.0. The van der Waals surface area contributed by atoms with Crippen LogP contribution in [0.4, 0.5) is 11.4 Å². The summed E-state index contributed by atoms with van der Waals surface area (Å²) in [5.74, 6) is 0.436. The van der Waals surface area contributed by atoms with E-state index in [1.165, 1.54) is 11.4 Å². The molecule has 2 aliphatic heterocycles. The number of carbonyl (C=O) groups excluding carboxylic acids is 1. The average molecular weight is 503 g/mol. The third kappa shape index (κ3) is 5.88. The number of benzene rings is 2. The number of hydrogen-bond acceptors (Lipinski definition) is 7. The number of thiol groups is 1. The third-order valence-electron chi connectivity index (χ3n) is 6.82. The van der Waals surface area contributed by atoms with E-state index in [1.807, 2.05) is 30.3 Å². The summed E-state index contributed by atoms with van der Waals surface area (Å²) in [5, 5.41) is 13.2. The lowest BCUT2D eigenvalue weighted by Crippen LogP contribution is -2.41. The molecule has 9 nitrogen and oxygen atoms in total. The molecule has 4 rings (SSSR count). The second kappa shape index (κ2) is 11.3. The Kier molecular flexibility index (Phi) is 8.15. The smallest absolute Gasteiger partial charge is 0.260 e. The van der Waals surface area contributed by atoms with Crippen molar-refractivity contribution in [1.29, 1.82) is 0 Å². The molecule has 190 valence electrons. The number of aliphatic hydroxyl groups is 1. The molecule has 1 amide bonds. The predicted octanol–water partition coefficient (Wildman–Crippen LogP) is 1.65. The van der Waals surface area contributed by atoms with Gasteiger partial charge in [0.05, 0.1) is 23.5 Å². The van der Waals surface area contributed by atoms with E-state index in [9.17, 15) is 18.3 Å². The van der Waals surface area contributed by atoms with Crippen LogP contribution in [-0.4, -0.2) is 82.2 Å². The van der Waals surface area contributed by atoms with Crippen LogP contribution >= 0.6 is 0 Å². The number of fused-ring (bicyclic) bond motifs is 1. The van der Waals surface area contributed by atoms with E-state index in [0.29, 0.717) is 24.5 Å². The summed E-state index contributed by atoms with van der Waals surface area (Å²) in [7, 11) is 0.545. The van der Waals surface area contributed by atoms with Gasteiger partial charge in [-0.15, -0.1) is 0 Å². The highest BCUT2D eigenvalue weighted by atomic mass is 32.2. The number of anilines is 2. The quantitative estimate of drug-likeness (QED) is 0.448. The van der Waals surface area contributed by atoms with Gasteiger partial charge >= 0.3 is 0 Å². The Morgan fingerprint density at radius 2 is 2.00 bits per heavy atom. The fourth-order valence-electron chi connectivity index (χ4n) is 4.80. The van der Waals surface area contributed by atoms with Crippen LogP contribution < -0.4 is 14.4 Å². The lowest BCUT2D eigenvalue weighted by molar-refractivity contribution is -0.134. The minimum absolute atomic E-state index is 0.125. The molecule has 10 heteroatoms. The zero-order chi connectivity index (χ0) is 24.9. The standard InChI is InChI=1S/C25H34N4O5S/c1-27(22(18-7-4-3-5-8-18)16-29-14-12-19(30)15-29)24(31)17-34-23-11-10-21(28(2)35(32)33)25-20(23)9-6-13-26-25/h3-5,7-8,10-11,19,22,26,30,35H,6,9,12-17H2,1-2H3/t19-,22+/m0/s1. The molecule has 2 N–H and O–H groups in total. The lowest BCUT2D eigenvalue weighted by Gasteiger charge is -2.32. The monoisotopic (exact) mass is 502 g/mol. The summed E-state index contributed by atoms with van der Waals surface area (Å²) in [6, 6.07) is 13.2. The first kappa shape index (κ1) is 25.3. The van der Waals surface area contributed by atoms with Gasteiger partial charge in [0.2, 0.25) is 10.9 Å². The topological polar surface area (TPSA) is 102 Å². The van der Waals surface area contributed by atoms with E-state index < -0.39 is 10.9 Å². The number of carbonyl (C=O) groups is 1. The number of nitrogens with one attached hydrogen (secondary N) is 1. The van der Waals surface area contributed by atoms with Crippen LogP contribution in [0, 0.1) is 0 Å². The van der Waals surface area contributed by atoms with Gasteiger partial charge in [0.1, 0.15) is 5.75 Å². The third-order valence-corrected chi connectivity index (χ3v) is 7.53. The Bertz CT molecular complexity index is 1100. The molecule has 0 aliphatic carbocycles. The average Bonchev–Trinajstić information content (AvgIpc) is 3.29. The number of β-amino-alcohol motifs (C(OH)–C–C–N with tert-alkyl or cyclic N) is 1. The Morgan fingerprint density at radius 3 is 2.69 bits per heavy atom. The molecule has 35 heavy (non-hydrogen) atoms. The van der Waals surface area contributed by atoms with E-state index in [2.05, 4.69) is 10.2 Å². The summed E-state index contributed by atoms with van der Waals surface area (Å²) in [5.41, 5.74) is 3.23. The first-order valence-corrected chi connectivity index (χ1v) is 13.1. The molecule has 0 bridgehead atoms. The van der Waals surface area contributed by atoms with Crippen LogP contribution in [0.1, 0.15) is 30.0 Å². The molecule has 2 atom stereocenters. The first-order chi connectivity index (χ1) is 16.8. The summed E-state index contributed by atoms with van der Waals surface area (Å²) in [6.45, 7) is 2.67. The predicted molar refractivity (Wildman–Crippen MR) is 136 cm³/mol. The summed E-state index contributed by atoms with van der Waals surface area (Å²) < 4.78 is 30.3. The van der Waals surface area contributed by atoms with Crippen molar-refractivity contribution in [3.8, 4) is 5.75 Å². The number of rotatable bonds is 9. The fraction of sp³-hybridized carbons (Fsp3) is 0.480. The molecular weight excluding hydrogens is 468 g/mol. The van der Waals surface area contributed by atoms with E-state index in [0.717, 1.165) is 49.2 Å². The molecule has 0 unspecified atom stereocenters. The second-order valence-corrected chi connectivity index (χ2v) is 10.2. The van der Waals surface area contributed by atoms with Crippen LogP contribution in [0.3, 0.4) is 0 Å². The number of hydrogen-bond donors (Lipinski definition) is 3. The number of amides is 1. The molecule has 0 aromatic heterocycles. The maximum atomic E-state index is 13.2. The molecule has 0 spiro atoms. The van der Waals surface area contributed by atoms with Crippen molar-refractivity contribution in [2.24, 2.45) is 0 Å². The highest BCUT2D eigenvalue weighted by molar-refractivity contribution is 7.74.